The predicted molar refractivity (Wildman–Crippen MR) is 124 cm³/mol. The van der Waals surface area contributed by atoms with Crippen molar-refractivity contribution in [3.05, 3.63) is 90.0 Å². The monoisotopic (exact) mass is 408 g/mol. The van der Waals surface area contributed by atoms with Crippen LogP contribution in [0.2, 0.25) is 0 Å². The van der Waals surface area contributed by atoms with Crippen LogP contribution in [0.4, 0.5) is 5.69 Å². The minimum Gasteiger partial charge on any atom is -0.341 e. The van der Waals surface area contributed by atoms with Crippen LogP contribution >= 0.6 is 0 Å². The molecule has 1 saturated heterocycles. The van der Waals surface area contributed by atoms with E-state index in [9.17, 15) is 9.59 Å². The number of amides is 2. The molecular weight excluding hydrogens is 384 g/mol. The number of carbonyl (C=O) groups is 2. The number of nitrogens with one attached hydrogen (secondary N) is 1. The molecule has 0 spiro atoms. The zero-order chi connectivity index (χ0) is 21.5. The molecule has 0 saturated carbocycles. The molecular formula is C27H24N2O2. The molecule has 1 heterocycles. The van der Waals surface area contributed by atoms with Gasteiger partial charge >= 0.3 is 0 Å². The highest BCUT2D eigenvalue weighted by atomic mass is 16.2. The van der Waals surface area contributed by atoms with E-state index >= 15 is 0 Å². The molecule has 1 aliphatic heterocycles. The van der Waals surface area contributed by atoms with Gasteiger partial charge in [-0.1, -0.05) is 54.3 Å². The average Bonchev–Trinajstić information content (AvgIpc) is 2.83. The van der Waals surface area contributed by atoms with Crippen LogP contribution in [-0.2, 0) is 4.79 Å². The number of rotatable bonds is 4. The van der Waals surface area contributed by atoms with E-state index in [1.54, 1.807) is 0 Å². The van der Waals surface area contributed by atoms with E-state index in [1.165, 1.54) is 0 Å². The quantitative estimate of drug-likeness (QED) is 0.639. The second kappa shape index (κ2) is 9.77. The van der Waals surface area contributed by atoms with Crippen molar-refractivity contribution in [2.24, 2.45) is 0 Å². The van der Waals surface area contributed by atoms with Crippen molar-refractivity contribution >= 4 is 17.5 Å². The molecule has 0 bridgehead atoms. The smallest absolute Gasteiger partial charge is 0.252 e. The molecule has 0 radical (unpaired) electrons. The Morgan fingerprint density at radius 1 is 0.871 bits per heavy atom. The first-order valence-electron chi connectivity index (χ1n) is 10.5. The van der Waals surface area contributed by atoms with E-state index in [4.69, 9.17) is 0 Å². The number of carbonyl (C=O) groups excluding carboxylic acids is 2. The Morgan fingerprint density at radius 3 is 2.29 bits per heavy atom. The summed E-state index contributed by atoms with van der Waals surface area (Å²) in [6.45, 7) is 1.05. The Balaban J connectivity index is 1.30. The number of hydrogen-bond donors (Lipinski definition) is 1. The summed E-state index contributed by atoms with van der Waals surface area (Å²) in [5.74, 6) is 6.08. The van der Waals surface area contributed by atoms with Crippen molar-refractivity contribution < 1.29 is 9.59 Å². The van der Waals surface area contributed by atoms with Crippen LogP contribution in [0.25, 0.3) is 11.1 Å². The van der Waals surface area contributed by atoms with Crippen LogP contribution in [0.1, 0.15) is 35.2 Å². The lowest BCUT2D eigenvalue weighted by Crippen LogP contribution is -2.35. The summed E-state index contributed by atoms with van der Waals surface area (Å²) >= 11 is 0. The average molecular weight is 409 g/mol. The van der Waals surface area contributed by atoms with E-state index in [2.05, 4.69) is 17.2 Å². The van der Waals surface area contributed by atoms with Crippen molar-refractivity contribution in [2.45, 2.75) is 19.3 Å². The summed E-state index contributed by atoms with van der Waals surface area (Å²) in [7, 11) is 0. The van der Waals surface area contributed by atoms with Crippen LogP contribution in [0.3, 0.4) is 0 Å². The van der Waals surface area contributed by atoms with Crippen LogP contribution < -0.4 is 10.2 Å². The van der Waals surface area contributed by atoms with Crippen LogP contribution in [0.15, 0.2) is 78.9 Å². The number of hydrogen-bond acceptors (Lipinski definition) is 2. The van der Waals surface area contributed by atoms with Crippen LogP contribution in [0.5, 0.6) is 0 Å². The molecule has 4 rings (SSSR count). The molecule has 1 N–H and O–H groups in total. The molecule has 0 aliphatic carbocycles. The molecule has 0 unspecified atom stereocenters. The summed E-state index contributed by atoms with van der Waals surface area (Å²) in [4.78, 5) is 26.2. The maximum absolute atomic E-state index is 12.3. The van der Waals surface area contributed by atoms with Gasteiger partial charge in [-0.15, -0.1) is 0 Å². The van der Waals surface area contributed by atoms with Gasteiger partial charge in [-0.3, -0.25) is 9.59 Å². The van der Waals surface area contributed by atoms with Gasteiger partial charge in [-0.05, 0) is 60.4 Å². The van der Waals surface area contributed by atoms with Gasteiger partial charge in [-0.2, -0.15) is 0 Å². The van der Waals surface area contributed by atoms with E-state index < -0.39 is 0 Å². The maximum atomic E-state index is 12.3. The van der Waals surface area contributed by atoms with E-state index in [0.29, 0.717) is 12.0 Å². The van der Waals surface area contributed by atoms with Gasteiger partial charge in [0, 0.05) is 29.8 Å². The topological polar surface area (TPSA) is 49.4 Å². The zero-order valence-corrected chi connectivity index (χ0v) is 17.3. The van der Waals surface area contributed by atoms with Crippen LogP contribution in [-0.4, -0.2) is 24.9 Å². The Kier molecular flexibility index (Phi) is 6.44. The molecule has 0 aromatic heterocycles. The summed E-state index contributed by atoms with van der Waals surface area (Å²) in [5, 5.41) is 2.83. The second-order valence-electron chi connectivity index (χ2n) is 7.48. The molecule has 4 nitrogen and oxygen atoms in total. The summed E-state index contributed by atoms with van der Waals surface area (Å²) in [6.07, 6.45) is 2.64. The highest BCUT2D eigenvalue weighted by molar-refractivity contribution is 5.95. The Morgan fingerprint density at radius 2 is 1.58 bits per heavy atom. The molecule has 0 atom stereocenters. The fourth-order valence-corrected chi connectivity index (χ4v) is 3.62. The van der Waals surface area contributed by atoms with Gasteiger partial charge in [0.15, 0.2) is 0 Å². The molecule has 2 amide bonds. The second-order valence-corrected chi connectivity index (χ2v) is 7.48. The molecule has 31 heavy (non-hydrogen) atoms. The summed E-state index contributed by atoms with van der Waals surface area (Å²) in [5.41, 5.74) is 4.58. The van der Waals surface area contributed by atoms with Crippen molar-refractivity contribution in [1.29, 1.82) is 0 Å². The fraction of sp³-hybridized carbons (Fsp3) is 0.185. The molecule has 1 aliphatic rings. The molecule has 3 aromatic carbocycles. The normalized spacial score (nSPS) is 13.3. The number of piperidine rings is 1. The molecule has 3 aromatic rings. The summed E-state index contributed by atoms with van der Waals surface area (Å²) in [6, 6.07) is 25.3. The lowest BCUT2D eigenvalue weighted by atomic mass is 10.0. The van der Waals surface area contributed by atoms with Crippen LogP contribution in [0, 0.1) is 11.8 Å². The number of nitrogens with zero attached hydrogens (tertiary/aromatic N) is 1. The predicted octanol–water partition coefficient (Wildman–Crippen LogP) is 4.65. The van der Waals surface area contributed by atoms with Gasteiger partial charge in [0.2, 0.25) is 5.91 Å². The standard InChI is InChI=1S/C27H24N2O2/c30-26-10-4-5-20-29(26)25-17-11-21(12-18-25)7-6-19-28-27(31)24-15-13-23(14-16-24)22-8-2-1-3-9-22/h1-3,8-9,11-18H,4-5,10,19-20H2,(H,28,31). The minimum atomic E-state index is -0.145. The van der Waals surface area contributed by atoms with Gasteiger partial charge in [0.1, 0.15) is 0 Å². The number of anilines is 1. The molecule has 154 valence electrons. The summed E-state index contributed by atoms with van der Waals surface area (Å²) < 4.78 is 0. The first-order chi connectivity index (χ1) is 15.2. The van der Waals surface area contributed by atoms with Crippen molar-refractivity contribution in [3.8, 4) is 23.0 Å². The SMILES string of the molecule is O=C(NCC#Cc1ccc(N2CCCCC2=O)cc1)c1ccc(-c2ccccc2)cc1. The fourth-order valence-electron chi connectivity index (χ4n) is 3.62. The first-order valence-corrected chi connectivity index (χ1v) is 10.5. The van der Waals surface area contributed by atoms with Crippen molar-refractivity contribution in [2.75, 3.05) is 18.0 Å². The third kappa shape index (κ3) is 5.21. The van der Waals surface area contributed by atoms with Gasteiger partial charge in [0.05, 0.1) is 6.54 Å². The van der Waals surface area contributed by atoms with Gasteiger partial charge in [0.25, 0.3) is 5.91 Å². The Labute approximate surface area is 182 Å². The van der Waals surface area contributed by atoms with E-state index in [0.717, 1.165) is 41.8 Å². The molecule has 1 fully saturated rings. The molecule has 4 heteroatoms. The third-order valence-electron chi connectivity index (χ3n) is 5.33. The highest BCUT2D eigenvalue weighted by Crippen LogP contribution is 2.21. The first kappa shape index (κ1) is 20.4. The third-order valence-corrected chi connectivity index (χ3v) is 5.33. The lowest BCUT2D eigenvalue weighted by molar-refractivity contribution is -0.119. The Hall–Kier alpha value is -3.84. The van der Waals surface area contributed by atoms with Gasteiger partial charge in [-0.25, -0.2) is 0 Å². The highest BCUT2D eigenvalue weighted by Gasteiger charge is 2.19. The van der Waals surface area contributed by atoms with E-state index in [-0.39, 0.29) is 18.4 Å². The van der Waals surface area contributed by atoms with E-state index in [1.807, 2.05) is 83.8 Å². The lowest BCUT2D eigenvalue weighted by Gasteiger charge is -2.26. The minimum absolute atomic E-state index is 0.145. The maximum Gasteiger partial charge on any atom is 0.252 e. The Bertz CT molecular complexity index is 1110. The largest absolute Gasteiger partial charge is 0.341 e. The van der Waals surface area contributed by atoms with Crippen molar-refractivity contribution in [3.63, 3.8) is 0 Å². The van der Waals surface area contributed by atoms with Crippen molar-refractivity contribution in [1.82, 2.24) is 5.32 Å². The van der Waals surface area contributed by atoms with Gasteiger partial charge < -0.3 is 10.2 Å². The zero-order valence-electron chi connectivity index (χ0n) is 17.3. The number of benzene rings is 3.